The Morgan fingerprint density at radius 3 is 2.81 bits per heavy atom. The summed E-state index contributed by atoms with van der Waals surface area (Å²) in [6, 6.07) is 13.2. The van der Waals surface area contributed by atoms with Crippen molar-refractivity contribution >= 4 is 11.6 Å². The number of carbonyl (C=O) groups excluding carboxylic acids is 1. The molecule has 1 atom stereocenters. The quantitative estimate of drug-likeness (QED) is 0.874. The predicted molar refractivity (Wildman–Crippen MR) is 84.7 cm³/mol. The van der Waals surface area contributed by atoms with E-state index in [0.717, 1.165) is 23.4 Å². The summed E-state index contributed by atoms with van der Waals surface area (Å²) in [5.74, 6) is 6.10. The minimum absolute atomic E-state index is 0.00765. The first kappa shape index (κ1) is 14.8. The molecule has 0 saturated carbocycles. The predicted octanol–water partition coefficient (Wildman–Crippen LogP) is 3.47. The van der Waals surface area contributed by atoms with Crippen LogP contribution in [0.1, 0.15) is 31.5 Å². The SMILES string of the molecule is CCC(C)C(=O)Nc1cccc(C#Cc2ccccn2)c1. The van der Waals surface area contributed by atoms with E-state index in [1.54, 1.807) is 6.20 Å². The molecule has 3 nitrogen and oxygen atoms in total. The molecule has 2 rings (SSSR count). The van der Waals surface area contributed by atoms with Gasteiger partial charge in [-0.2, -0.15) is 0 Å². The number of nitrogens with one attached hydrogen (secondary N) is 1. The van der Waals surface area contributed by atoms with Crippen LogP contribution in [0, 0.1) is 17.8 Å². The molecule has 0 spiro atoms. The second kappa shape index (κ2) is 7.25. The zero-order chi connectivity index (χ0) is 15.1. The monoisotopic (exact) mass is 278 g/mol. The summed E-state index contributed by atoms with van der Waals surface area (Å²) in [5.41, 5.74) is 2.35. The molecular formula is C18H18N2O. The number of hydrogen-bond acceptors (Lipinski definition) is 2. The van der Waals surface area contributed by atoms with Crippen molar-refractivity contribution in [3.05, 3.63) is 59.9 Å². The lowest BCUT2D eigenvalue weighted by Gasteiger charge is -2.09. The molecule has 2 aromatic rings. The molecule has 1 amide bonds. The summed E-state index contributed by atoms with van der Waals surface area (Å²) in [4.78, 5) is 16.0. The first-order chi connectivity index (χ1) is 10.2. The van der Waals surface area contributed by atoms with Crippen molar-refractivity contribution in [2.45, 2.75) is 20.3 Å². The third-order valence-corrected chi connectivity index (χ3v) is 3.19. The summed E-state index contributed by atoms with van der Waals surface area (Å²) in [6.07, 6.45) is 2.54. The number of benzene rings is 1. The molecule has 1 unspecified atom stereocenters. The molecule has 3 heteroatoms. The third kappa shape index (κ3) is 4.47. The molecule has 21 heavy (non-hydrogen) atoms. The van der Waals surface area contributed by atoms with Crippen LogP contribution in [0.2, 0.25) is 0 Å². The second-order valence-corrected chi connectivity index (χ2v) is 4.84. The van der Waals surface area contributed by atoms with E-state index < -0.39 is 0 Å². The van der Waals surface area contributed by atoms with E-state index in [2.05, 4.69) is 22.1 Å². The number of amides is 1. The lowest BCUT2D eigenvalue weighted by molar-refractivity contribution is -0.119. The van der Waals surface area contributed by atoms with Crippen LogP contribution in [-0.2, 0) is 4.79 Å². The molecule has 0 fully saturated rings. The molecule has 0 radical (unpaired) electrons. The largest absolute Gasteiger partial charge is 0.326 e. The van der Waals surface area contributed by atoms with Gasteiger partial charge in [0.15, 0.2) is 0 Å². The Bertz CT molecular complexity index is 668. The number of rotatable bonds is 3. The van der Waals surface area contributed by atoms with Crippen molar-refractivity contribution in [1.29, 1.82) is 0 Å². The molecule has 0 aliphatic rings. The van der Waals surface area contributed by atoms with Gasteiger partial charge in [-0.05, 0) is 42.7 Å². The molecule has 1 N–H and O–H groups in total. The molecule has 1 aromatic heterocycles. The maximum Gasteiger partial charge on any atom is 0.227 e. The summed E-state index contributed by atoms with van der Waals surface area (Å²) < 4.78 is 0. The normalized spacial score (nSPS) is 11.1. The maximum absolute atomic E-state index is 11.9. The van der Waals surface area contributed by atoms with E-state index >= 15 is 0 Å². The van der Waals surface area contributed by atoms with E-state index in [-0.39, 0.29) is 11.8 Å². The highest BCUT2D eigenvalue weighted by atomic mass is 16.1. The fourth-order valence-corrected chi connectivity index (χ4v) is 1.70. The van der Waals surface area contributed by atoms with Crippen molar-refractivity contribution in [3.8, 4) is 11.8 Å². The Kier molecular flexibility index (Phi) is 5.11. The van der Waals surface area contributed by atoms with Crippen LogP contribution in [0.15, 0.2) is 48.7 Å². The van der Waals surface area contributed by atoms with Gasteiger partial charge in [0.05, 0.1) is 0 Å². The van der Waals surface area contributed by atoms with E-state index in [9.17, 15) is 4.79 Å². The van der Waals surface area contributed by atoms with Crippen molar-refractivity contribution < 1.29 is 4.79 Å². The minimum Gasteiger partial charge on any atom is -0.326 e. The van der Waals surface area contributed by atoms with E-state index in [4.69, 9.17) is 0 Å². The first-order valence-corrected chi connectivity index (χ1v) is 7.03. The molecule has 106 valence electrons. The number of hydrogen-bond donors (Lipinski definition) is 1. The summed E-state index contributed by atoms with van der Waals surface area (Å²) in [5, 5.41) is 2.91. The van der Waals surface area contributed by atoms with Gasteiger partial charge in [-0.1, -0.05) is 31.9 Å². The fourth-order valence-electron chi connectivity index (χ4n) is 1.70. The molecule has 1 aromatic carbocycles. The third-order valence-electron chi connectivity index (χ3n) is 3.19. The van der Waals surface area contributed by atoms with E-state index in [1.165, 1.54) is 0 Å². The number of carbonyl (C=O) groups is 1. The second-order valence-electron chi connectivity index (χ2n) is 4.84. The van der Waals surface area contributed by atoms with Gasteiger partial charge in [0.1, 0.15) is 5.69 Å². The Hall–Kier alpha value is -2.60. The van der Waals surface area contributed by atoms with Gasteiger partial charge in [-0.15, -0.1) is 0 Å². The number of aromatic nitrogens is 1. The van der Waals surface area contributed by atoms with Gasteiger partial charge in [-0.25, -0.2) is 4.98 Å². The van der Waals surface area contributed by atoms with E-state index in [1.807, 2.05) is 56.3 Å². The van der Waals surface area contributed by atoms with Crippen LogP contribution >= 0.6 is 0 Å². The highest BCUT2D eigenvalue weighted by molar-refractivity contribution is 5.92. The Labute approximate surface area is 125 Å². The minimum atomic E-state index is 0.00765. The average molecular weight is 278 g/mol. The number of pyridine rings is 1. The topological polar surface area (TPSA) is 42.0 Å². The maximum atomic E-state index is 11.9. The molecule has 0 aliphatic carbocycles. The fraction of sp³-hybridized carbons (Fsp3) is 0.222. The van der Waals surface area contributed by atoms with Gasteiger partial charge in [0.25, 0.3) is 0 Å². The molecule has 0 bridgehead atoms. The van der Waals surface area contributed by atoms with Gasteiger partial charge in [-0.3, -0.25) is 4.79 Å². The van der Waals surface area contributed by atoms with Crippen LogP contribution < -0.4 is 5.32 Å². The summed E-state index contributed by atoms with van der Waals surface area (Å²) in [7, 11) is 0. The molecular weight excluding hydrogens is 260 g/mol. The molecule has 0 saturated heterocycles. The Morgan fingerprint density at radius 1 is 1.24 bits per heavy atom. The zero-order valence-electron chi connectivity index (χ0n) is 12.3. The molecule has 1 heterocycles. The van der Waals surface area contributed by atoms with Crippen molar-refractivity contribution in [3.63, 3.8) is 0 Å². The van der Waals surface area contributed by atoms with Gasteiger partial charge in [0, 0.05) is 23.4 Å². The lowest BCUT2D eigenvalue weighted by Crippen LogP contribution is -2.19. The summed E-state index contributed by atoms with van der Waals surface area (Å²) >= 11 is 0. The smallest absolute Gasteiger partial charge is 0.227 e. The number of nitrogens with zero attached hydrogens (tertiary/aromatic N) is 1. The van der Waals surface area contributed by atoms with Crippen LogP contribution in [0.25, 0.3) is 0 Å². The van der Waals surface area contributed by atoms with Crippen LogP contribution in [0.5, 0.6) is 0 Å². The van der Waals surface area contributed by atoms with Crippen LogP contribution in [0.3, 0.4) is 0 Å². The van der Waals surface area contributed by atoms with Gasteiger partial charge >= 0.3 is 0 Å². The summed E-state index contributed by atoms with van der Waals surface area (Å²) in [6.45, 7) is 3.92. The van der Waals surface area contributed by atoms with Gasteiger partial charge in [0.2, 0.25) is 5.91 Å². The van der Waals surface area contributed by atoms with Crippen molar-refractivity contribution in [2.24, 2.45) is 5.92 Å². The lowest BCUT2D eigenvalue weighted by atomic mass is 10.1. The average Bonchev–Trinajstić information content (AvgIpc) is 2.53. The Morgan fingerprint density at radius 2 is 2.10 bits per heavy atom. The highest BCUT2D eigenvalue weighted by Gasteiger charge is 2.10. The van der Waals surface area contributed by atoms with Crippen LogP contribution in [-0.4, -0.2) is 10.9 Å². The Balaban J connectivity index is 2.12. The van der Waals surface area contributed by atoms with Crippen molar-refractivity contribution in [1.82, 2.24) is 4.98 Å². The number of anilines is 1. The van der Waals surface area contributed by atoms with Gasteiger partial charge < -0.3 is 5.32 Å². The standard InChI is InChI=1S/C18H18N2O/c1-3-14(2)18(21)20-17-9-6-7-15(13-17)10-11-16-8-4-5-12-19-16/h4-9,12-14H,3H2,1-2H3,(H,20,21). The highest BCUT2D eigenvalue weighted by Crippen LogP contribution is 2.12. The van der Waals surface area contributed by atoms with Crippen molar-refractivity contribution in [2.75, 3.05) is 5.32 Å². The molecule has 0 aliphatic heterocycles. The first-order valence-electron chi connectivity index (χ1n) is 7.03. The zero-order valence-corrected chi connectivity index (χ0v) is 12.3. The van der Waals surface area contributed by atoms with E-state index in [0.29, 0.717) is 0 Å². The van der Waals surface area contributed by atoms with Crippen LogP contribution in [0.4, 0.5) is 5.69 Å².